The van der Waals surface area contributed by atoms with Gasteiger partial charge in [-0.1, -0.05) is 24.3 Å². The Hall–Kier alpha value is -2.18. The van der Waals surface area contributed by atoms with E-state index in [-0.39, 0.29) is 16.5 Å². The first-order valence-corrected chi connectivity index (χ1v) is 10.6. The molecular formula is C21H25NO4S. The van der Waals surface area contributed by atoms with Crippen LogP contribution in [0.4, 0.5) is 0 Å². The van der Waals surface area contributed by atoms with Crippen molar-refractivity contribution in [2.45, 2.75) is 50.5 Å². The molecule has 1 unspecified atom stereocenters. The zero-order valence-corrected chi connectivity index (χ0v) is 16.7. The molecule has 0 heterocycles. The van der Waals surface area contributed by atoms with Gasteiger partial charge in [0, 0.05) is 6.04 Å². The van der Waals surface area contributed by atoms with Crippen molar-refractivity contribution in [3.05, 3.63) is 64.2 Å². The molecule has 0 aliphatic heterocycles. The Balaban J connectivity index is 1.87. The van der Waals surface area contributed by atoms with Gasteiger partial charge >= 0.3 is 5.97 Å². The Kier molecular flexibility index (Phi) is 5.67. The highest BCUT2D eigenvalue weighted by Crippen LogP contribution is 2.26. The molecule has 1 N–H and O–H groups in total. The number of ether oxygens (including phenoxy) is 1. The fourth-order valence-corrected chi connectivity index (χ4v) is 5.02. The Morgan fingerprint density at radius 3 is 2.48 bits per heavy atom. The lowest BCUT2D eigenvalue weighted by molar-refractivity contribution is 0.0600. The fraction of sp³-hybridized carbons (Fsp3) is 0.381. The molecule has 2 aromatic carbocycles. The number of hydrogen-bond acceptors (Lipinski definition) is 4. The highest BCUT2D eigenvalue weighted by Gasteiger charge is 2.23. The van der Waals surface area contributed by atoms with Gasteiger partial charge < -0.3 is 4.74 Å². The topological polar surface area (TPSA) is 72.5 Å². The Morgan fingerprint density at radius 1 is 1.07 bits per heavy atom. The fourth-order valence-electron chi connectivity index (χ4n) is 3.52. The second-order valence-electron chi connectivity index (χ2n) is 7.05. The molecule has 6 heteroatoms. The molecule has 0 saturated carbocycles. The van der Waals surface area contributed by atoms with Crippen LogP contribution in [0.25, 0.3) is 0 Å². The van der Waals surface area contributed by atoms with Gasteiger partial charge in [0.25, 0.3) is 0 Å². The minimum absolute atomic E-state index is 0.0928. The Morgan fingerprint density at radius 2 is 1.78 bits per heavy atom. The minimum atomic E-state index is -3.78. The summed E-state index contributed by atoms with van der Waals surface area (Å²) in [7, 11) is -2.51. The molecule has 2 aromatic rings. The zero-order chi connectivity index (χ0) is 19.6. The largest absolute Gasteiger partial charge is 0.465 e. The third kappa shape index (κ3) is 4.22. The summed E-state index contributed by atoms with van der Waals surface area (Å²) < 4.78 is 33.3. The molecule has 1 aliphatic carbocycles. The predicted octanol–water partition coefficient (Wildman–Crippen LogP) is 3.70. The van der Waals surface area contributed by atoms with Gasteiger partial charge in [-0.2, -0.15) is 0 Å². The predicted molar refractivity (Wildman–Crippen MR) is 104 cm³/mol. The van der Waals surface area contributed by atoms with Gasteiger partial charge in [0.15, 0.2) is 0 Å². The van der Waals surface area contributed by atoms with Crippen molar-refractivity contribution >= 4 is 16.0 Å². The summed E-state index contributed by atoms with van der Waals surface area (Å²) in [5, 5.41) is 0. The highest BCUT2D eigenvalue weighted by molar-refractivity contribution is 7.89. The van der Waals surface area contributed by atoms with Gasteiger partial charge in [0.05, 0.1) is 17.6 Å². The molecule has 0 aromatic heterocycles. The maximum atomic E-state index is 12.9. The van der Waals surface area contributed by atoms with Crippen LogP contribution >= 0.6 is 0 Å². The zero-order valence-electron chi connectivity index (χ0n) is 15.9. The molecule has 0 spiro atoms. The van der Waals surface area contributed by atoms with Gasteiger partial charge in [-0.15, -0.1) is 0 Å². The minimum Gasteiger partial charge on any atom is -0.465 e. The molecule has 0 bridgehead atoms. The summed E-state index contributed by atoms with van der Waals surface area (Å²) in [5.41, 5.74) is 4.41. The van der Waals surface area contributed by atoms with Crippen LogP contribution < -0.4 is 4.72 Å². The molecular weight excluding hydrogens is 362 g/mol. The van der Waals surface area contributed by atoms with Gasteiger partial charge in [0.1, 0.15) is 0 Å². The Bertz CT molecular complexity index is 966. The number of carbonyl (C=O) groups excluding carboxylic acids is 1. The first-order valence-electron chi connectivity index (χ1n) is 9.15. The van der Waals surface area contributed by atoms with Crippen LogP contribution in [0.1, 0.15) is 58.4 Å². The summed E-state index contributed by atoms with van der Waals surface area (Å²) in [6, 6.07) is 10.4. The number of rotatable bonds is 5. The maximum absolute atomic E-state index is 12.9. The van der Waals surface area contributed by atoms with E-state index in [0.29, 0.717) is 5.56 Å². The smallest absolute Gasteiger partial charge is 0.337 e. The summed E-state index contributed by atoms with van der Waals surface area (Å²) in [5.74, 6) is -0.561. The van der Waals surface area contributed by atoms with E-state index >= 15 is 0 Å². The van der Waals surface area contributed by atoms with Crippen molar-refractivity contribution in [3.8, 4) is 0 Å². The third-order valence-electron chi connectivity index (χ3n) is 5.10. The van der Waals surface area contributed by atoms with Crippen LogP contribution in [0.2, 0.25) is 0 Å². The SMILES string of the molecule is COC(=O)c1ccc(C)c(S(=O)(=O)NC(C)c2ccc3c(c2)CCCC3)c1. The number of fused-ring (bicyclic) bond motifs is 1. The van der Waals surface area contributed by atoms with E-state index in [1.165, 1.54) is 37.1 Å². The van der Waals surface area contributed by atoms with Crippen LogP contribution in [-0.4, -0.2) is 21.5 Å². The molecule has 1 atom stereocenters. The van der Waals surface area contributed by atoms with E-state index < -0.39 is 16.0 Å². The standard InChI is InChI=1S/C21H25NO4S/c1-14-8-9-19(21(23)26-3)13-20(14)27(24,25)22-15(2)17-11-10-16-6-4-5-7-18(16)12-17/h8-13,15,22H,4-7H2,1-3H3. The van der Waals surface area contributed by atoms with Crippen molar-refractivity contribution in [2.24, 2.45) is 0 Å². The lowest BCUT2D eigenvalue weighted by Gasteiger charge is -2.20. The summed E-state index contributed by atoms with van der Waals surface area (Å²) in [6.07, 6.45) is 4.53. The van der Waals surface area contributed by atoms with Crippen LogP contribution in [0, 0.1) is 6.92 Å². The van der Waals surface area contributed by atoms with Gasteiger partial charge in [0.2, 0.25) is 10.0 Å². The quantitative estimate of drug-likeness (QED) is 0.794. The number of hydrogen-bond donors (Lipinski definition) is 1. The summed E-state index contributed by atoms with van der Waals surface area (Å²) in [4.78, 5) is 11.8. The molecule has 0 amide bonds. The third-order valence-corrected chi connectivity index (χ3v) is 6.79. The van der Waals surface area contributed by atoms with Crippen molar-refractivity contribution in [1.82, 2.24) is 4.72 Å². The molecule has 3 rings (SSSR count). The first-order chi connectivity index (χ1) is 12.8. The molecule has 5 nitrogen and oxygen atoms in total. The van der Waals surface area contributed by atoms with Crippen LogP contribution in [0.3, 0.4) is 0 Å². The average molecular weight is 388 g/mol. The van der Waals surface area contributed by atoms with E-state index in [1.54, 1.807) is 19.1 Å². The van der Waals surface area contributed by atoms with Crippen LogP contribution in [-0.2, 0) is 27.6 Å². The summed E-state index contributed by atoms with van der Waals surface area (Å²) in [6.45, 7) is 3.54. The monoisotopic (exact) mass is 387 g/mol. The van der Waals surface area contributed by atoms with Crippen LogP contribution in [0.15, 0.2) is 41.3 Å². The molecule has 0 fully saturated rings. The summed E-state index contributed by atoms with van der Waals surface area (Å²) >= 11 is 0. The van der Waals surface area contributed by atoms with E-state index in [0.717, 1.165) is 18.4 Å². The number of aryl methyl sites for hydroxylation is 3. The lowest BCUT2D eigenvalue weighted by atomic mass is 9.89. The maximum Gasteiger partial charge on any atom is 0.337 e. The van der Waals surface area contributed by atoms with E-state index in [1.807, 2.05) is 13.0 Å². The average Bonchev–Trinajstić information content (AvgIpc) is 2.66. The van der Waals surface area contributed by atoms with Crippen molar-refractivity contribution in [1.29, 1.82) is 0 Å². The van der Waals surface area contributed by atoms with Crippen molar-refractivity contribution in [3.63, 3.8) is 0 Å². The highest BCUT2D eigenvalue weighted by atomic mass is 32.2. The number of carbonyl (C=O) groups is 1. The lowest BCUT2D eigenvalue weighted by Crippen LogP contribution is -2.28. The van der Waals surface area contributed by atoms with Gasteiger partial charge in [-0.25, -0.2) is 17.9 Å². The second-order valence-corrected chi connectivity index (χ2v) is 8.73. The number of methoxy groups -OCH3 is 1. The van der Waals surface area contributed by atoms with Gasteiger partial charge in [-0.05, 0) is 73.9 Å². The number of benzene rings is 2. The number of nitrogens with one attached hydrogen (secondary N) is 1. The van der Waals surface area contributed by atoms with Crippen molar-refractivity contribution in [2.75, 3.05) is 7.11 Å². The van der Waals surface area contributed by atoms with Crippen LogP contribution in [0.5, 0.6) is 0 Å². The van der Waals surface area contributed by atoms with E-state index in [9.17, 15) is 13.2 Å². The van der Waals surface area contributed by atoms with E-state index in [2.05, 4.69) is 16.9 Å². The molecule has 27 heavy (non-hydrogen) atoms. The molecule has 1 aliphatic rings. The molecule has 0 radical (unpaired) electrons. The second kappa shape index (κ2) is 7.82. The van der Waals surface area contributed by atoms with Crippen molar-refractivity contribution < 1.29 is 17.9 Å². The molecule has 144 valence electrons. The Labute approximate surface area is 160 Å². The normalized spacial score (nSPS) is 15.1. The number of sulfonamides is 1. The molecule has 0 saturated heterocycles. The number of esters is 1. The van der Waals surface area contributed by atoms with Gasteiger partial charge in [-0.3, -0.25) is 0 Å². The first kappa shape index (κ1) is 19.6. The van der Waals surface area contributed by atoms with E-state index in [4.69, 9.17) is 4.74 Å².